The maximum Gasteiger partial charge on any atom is 0.193 e. The summed E-state index contributed by atoms with van der Waals surface area (Å²) in [5, 5.41) is 6.46. The number of nitrogens with one attached hydrogen (secondary N) is 1. The molecule has 7 heteroatoms. The highest BCUT2D eigenvalue weighted by atomic mass is 127. The Balaban J connectivity index is 0.00000264. The van der Waals surface area contributed by atoms with Crippen molar-refractivity contribution in [2.75, 3.05) is 46.5 Å². The zero-order chi connectivity index (χ0) is 15.9. The van der Waals surface area contributed by atoms with Gasteiger partial charge in [0.05, 0.1) is 6.04 Å². The lowest BCUT2D eigenvalue weighted by Gasteiger charge is -2.35. The van der Waals surface area contributed by atoms with E-state index in [9.17, 15) is 0 Å². The summed E-state index contributed by atoms with van der Waals surface area (Å²) in [6.45, 7) is 5.36. The third kappa shape index (κ3) is 6.10. The average molecular weight is 468 g/mol. The molecule has 2 heterocycles. The normalized spacial score (nSPS) is 20.3. The minimum Gasteiger partial charge on any atom is -0.354 e. The second-order valence-electron chi connectivity index (χ2n) is 5.77. The molecular formula is C16H29IN4S2. The molecule has 0 spiro atoms. The Morgan fingerprint density at radius 1 is 1.52 bits per heavy atom. The molecule has 1 fully saturated rings. The van der Waals surface area contributed by atoms with Crippen LogP contribution < -0.4 is 5.32 Å². The van der Waals surface area contributed by atoms with Gasteiger partial charge < -0.3 is 15.1 Å². The van der Waals surface area contributed by atoms with E-state index in [-0.39, 0.29) is 24.0 Å². The second kappa shape index (κ2) is 10.8. The lowest BCUT2D eigenvalue weighted by Crippen LogP contribution is -2.49. The van der Waals surface area contributed by atoms with Crippen LogP contribution in [0.1, 0.15) is 24.3 Å². The van der Waals surface area contributed by atoms with Gasteiger partial charge in [-0.15, -0.1) is 35.3 Å². The summed E-state index contributed by atoms with van der Waals surface area (Å²) < 4.78 is 0. The summed E-state index contributed by atoms with van der Waals surface area (Å²) >= 11 is 3.91. The number of rotatable bonds is 5. The molecule has 0 bridgehead atoms. The number of halogens is 1. The standard InChI is InChI=1S/C16H28N4S2.HI/c1-5-13-12-20(8-10-21-13)16(17-2)18-11-14(19(3)4)15-7-6-9-22-15;/h6-7,9,13-14H,5,8,10-12H2,1-4H3,(H,17,18);1H. The van der Waals surface area contributed by atoms with Crippen molar-refractivity contribution < 1.29 is 0 Å². The molecule has 1 aliphatic rings. The lowest BCUT2D eigenvalue weighted by molar-refractivity contribution is 0.298. The first-order chi connectivity index (χ1) is 10.7. The van der Waals surface area contributed by atoms with E-state index >= 15 is 0 Å². The molecule has 0 amide bonds. The van der Waals surface area contributed by atoms with Gasteiger partial charge in [0.15, 0.2) is 5.96 Å². The van der Waals surface area contributed by atoms with Crippen LogP contribution in [0, 0.1) is 0 Å². The number of thiophene rings is 1. The summed E-state index contributed by atoms with van der Waals surface area (Å²) in [6, 6.07) is 4.72. The highest BCUT2D eigenvalue weighted by molar-refractivity contribution is 14.0. The van der Waals surface area contributed by atoms with Gasteiger partial charge in [-0.3, -0.25) is 4.99 Å². The zero-order valence-corrected chi connectivity index (χ0v) is 18.5. The van der Waals surface area contributed by atoms with E-state index in [2.05, 4.69) is 70.4 Å². The van der Waals surface area contributed by atoms with Crippen LogP contribution in [0.2, 0.25) is 0 Å². The van der Waals surface area contributed by atoms with Gasteiger partial charge in [-0.2, -0.15) is 11.8 Å². The van der Waals surface area contributed by atoms with Crippen LogP contribution in [0.25, 0.3) is 0 Å². The van der Waals surface area contributed by atoms with E-state index in [0.29, 0.717) is 6.04 Å². The van der Waals surface area contributed by atoms with E-state index in [1.165, 1.54) is 17.1 Å². The summed E-state index contributed by atoms with van der Waals surface area (Å²) in [5.74, 6) is 2.24. The Hall–Kier alpha value is 0.01000. The molecule has 4 nitrogen and oxygen atoms in total. The van der Waals surface area contributed by atoms with Crippen molar-refractivity contribution in [3.05, 3.63) is 22.4 Å². The lowest BCUT2D eigenvalue weighted by atomic mass is 10.2. The van der Waals surface area contributed by atoms with Crippen LogP contribution in [-0.4, -0.2) is 67.5 Å². The molecular weight excluding hydrogens is 439 g/mol. The van der Waals surface area contributed by atoms with Crippen molar-refractivity contribution in [2.24, 2.45) is 4.99 Å². The van der Waals surface area contributed by atoms with Crippen LogP contribution in [0.15, 0.2) is 22.5 Å². The molecule has 1 aromatic rings. The molecule has 2 rings (SSSR count). The van der Waals surface area contributed by atoms with Crippen LogP contribution in [0.5, 0.6) is 0 Å². The van der Waals surface area contributed by atoms with Gasteiger partial charge in [0.2, 0.25) is 0 Å². The Bertz CT molecular complexity index is 465. The number of guanidine groups is 1. The van der Waals surface area contributed by atoms with E-state index in [1.54, 1.807) is 0 Å². The van der Waals surface area contributed by atoms with Crippen LogP contribution in [-0.2, 0) is 0 Å². The van der Waals surface area contributed by atoms with Crippen LogP contribution >= 0.6 is 47.1 Å². The van der Waals surface area contributed by atoms with Gasteiger partial charge in [0, 0.05) is 42.6 Å². The number of thioether (sulfide) groups is 1. The van der Waals surface area contributed by atoms with Crippen molar-refractivity contribution in [1.29, 1.82) is 0 Å². The largest absolute Gasteiger partial charge is 0.354 e. The molecule has 2 atom stereocenters. The van der Waals surface area contributed by atoms with Gasteiger partial charge in [-0.25, -0.2) is 0 Å². The highest BCUT2D eigenvalue weighted by Crippen LogP contribution is 2.23. The maximum absolute atomic E-state index is 4.50. The molecule has 1 aliphatic heterocycles. The van der Waals surface area contributed by atoms with Gasteiger partial charge >= 0.3 is 0 Å². The van der Waals surface area contributed by atoms with Gasteiger partial charge in [-0.05, 0) is 32.0 Å². The maximum atomic E-state index is 4.50. The number of nitrogens with zero attached hydrogens (tertiary/aromatic N) is 3. The van der Waals surface area contributed by atoms with E-state index in [0.717, 1.165) is 30.8 Å². The smallest absolute Gasteiger partial charge is 0.193 e. The number of hydrogen-bond acceptors (Lipinski definition) is 4. The summed E-state index contributed by atoms with van der Waals surface area (Å²) in [5.41, 5.74) is 0. The molecule has 1 N–H and O–H groups in total. The van der Waals surface area contributed by atoms with Crippen LogP contribution in [0.4, 0.5) is 0 Å². The minimum absolute atomic E-state index is 0. The summed E-state index contributed by atoms with van der Waals surface area (Å²) in [4.78, 5) is 10.6. The molecule has 0 aromatic carbocycles. The minimum atomic E-state index is 0. The Morgan fingerprint density at radius 2 is 2.30 bits per heavy atom. The predicted molar refractivity (Wildman–Crippen MR) is 116 cm³/mol. The average Bonchev–Trinajstić information content (AvgIpc) is 3.05. The summed E-state index contributed by atoms with van der Waals surface area (Å²) in [7, 11) is 6.17. The second-order valence-corrected chi connectivity index (χ2v) is 8.16. The molecule has 1 aromatic heterocycles. The fourth-order valence-corrected chi connectivity index (χ4v) is 4.80. The fraction of sp³-hybridized carbons (Fsp3) is 0.688. The van der Waals surface area contributed by atoms with Crippen molar-refractivity contribution in [1.82, 2.24) is 15.1 Å². The third-order valence-electron chi connectivity index (χ3n) is 4.05. The molecule has 0 aliphatic carbocycles. The van der Waals surface area contributed by atoms with E-state index < -0.39 is 0 Å². The van der Waals surface area contributed by atoms with E-state index in [4.69, 9.17) is 0 Å². The van der Waals surface area contributed by atoms with Crippen molar-refractivity contribution in [3.63, 3.8) is 0 Å². The number of hydrogen-bond donors (Lipinski definition) is 1. The first-order valence-electron chi connectivity index (χ1n) is 7.92. The first-order valence-corrected chi connectivity index (χ1v) is 9.85. The van der Waals surface area contributed by atoms with Crippen molar-refractivity contribution in [2.45, 2.75) is 24.6 Å². The van der Waals surface area contributed by atoms with Gasteiger partial charge in [-0.1, -0.05) is 13.0 Å². The Labute approximate surface area is 166 Å². The number of aliphatic imine (C=N–C) groups is 1. The molecule has 2 unspecified atom stereocenters. The first kappa shape index (κ1) is 21.1. The van der Waals surface area contributed by atoms with E-state index in [1.807, 2.05) is 18.4 Å². The van der Waals surface area contributed by atoms with Crippen molar-refractivity contribution >= 4 is 53.0 Å². The molecule has 0 radical (unpaired) electrons. The molecule has 132 valence electrons. The monoisotopic (exact) mass is 468 g/mol. The Morgan fingerprint density at radius 3 is 2.87 bits per heavy atom. The molecule has 0 saturated carbocycles. The quantitative estimate of drug-likeness (QED) is 0.408. The van der Waals surface area contributed by atoms with Crippen molar-refractivity contribution in [3.8, 4) is 0 Å². The van der Waals surface area contributed by atoms with Gasteiger partial charge in [0.25, 0.3) is 0 Å². The topological polar surface area (TPSA) is 30.9 Å². The SMILES string of the molecule is CCC1CN(C(=NC)NCC(c2cccs2)N(C)C)CCS1.I. The van der Waals surface area contributed by atoms with Gasteiger partial charge in [0.1, 0.15) is 0 Å². The number of likely N-dealkylation sites (N-methyl/N-ethyl adjacent to an activating group) is 1. The third-order valence-corrected chi connectivity index (χ3v) is 6.40. The zero-order valence-electron chi connectivity index (χ0n) is 14.5. The molecule has 23 heavy (non-hydrogen) atoms. The Kier molecular flexibility index (Phi) is 9.87. The predicted octanol–water partition coefficient (Wildman–Crippen LogP) is 3.37. The molecule has 1 saturated heterocycles. The summed E-state index contributed by atoms with van der Waals surface area (Å²) in [6.07, 6.45) is 1.23. The van der Waals surface area contributed by atoms with Crippen LogP contribution in [0.3, 0.4) is 0 Å². The fourth-order valence-electron chi connectivity index (χ4n) is 2.70. The highest BCUT2D eigenvalue weighted by Gasteiger charge is 2.22.